The van der Waals surface area contributed by atoms with Crippen LogP contribution in [0.1, 0.15) is 16.1 Å². The monoisotopic (exact) mass is 434 g/mol. The van der Waals surface area contributed by atoms with Gasteiger partial charge in [0.1, 0.15) is 17.8 Å². The molecule has 0 spiro atoms. The summed E-state index contributed by atoms with van der Waals surface area (Å²) >= 11 is 0. The van der Waals surface area contributed by atoms with E-state index in [-0.39, 0.29) is 23.6 Å². The molecule has 0 bridgehead atoms. The first kappa shape index (κ1) is 21.6. The molecule has 0 radical (unpaired) electrons. The normalized spacial score (nSPS) is 14.2. The number of nitrogens with zero attached hydrogens (tertiary/aromatic N) is 2. The molecule has 2 heterocycles. The standard InChI is InChI=1S/C25H26N2O5/c1-30-21-9-7-20(8-10-21)27-13-11-26(12-14-27)16-22-15-23(28)25(18-31-22)32-17-24(29)19-5-3-2-4-6-19/h2-10,15,18H,11-14,16-17H2,1H3. The van der Waals surface area contributed by atoms with Crippen molar-refractivity contribution < 1.29 is 18.7 Å². The lowest BCUT2D eigenvalue weighted by Gasteiger charge is -2.35. The fourth-order valence-corrected chi connectivity index (χ4v) is 3.65. The van der Waals surface area contributed by atoms with Crippen LogP contribution in [0.3, 0.4) is 0 Å². The summed E-state index contributed by atoms with van der Waals surface area (Å²) in [5.74, 6) is 1.28. The molecule has 0 atom stereocenters. The van der Waals surface area contributed by atoms with E-state index in [1.807, 2.05) is 18.2 Å². The fraction of sp³-hybridized carbons (Fsp3) is 0.280. The van der Waals surface area contributed by atoms with Gasteiger partial charge in [-0.3, -0.25) is 14.5 Å². The molecule has 32 heavy (non-hydrogen) atoms. The summed E-state index contributed by atoms with van der Waals surface area (Å²) in [5, 5.41) is 0. The van der Waals surface area contributed by atoms with Crippen molar-refractivity contribution in [2.24, 2.45) is 0 Å². The third-order valence-corrected chi connectivity index (χ3v) is 5.50. The van der Waals surface area contributed by atoms with E-state index in [2.05, 4.69) is 21.9 Å². The topological polar surface area (TPSA) is 72.2 Å². The highest BCUT2D eigenvalue weighted by molar-refractivity contribution is 5.97. The van der Waals surface area contributed by atoms with Gasteiger partial charge in [-0.15, -0.1) is 0 Å². The lowest BCUT2D eigenvalue weighted by molar-refractivity contribution is 0.0919. The van der Waals surface area contributed by atoms with Gasteiger partial charge in [-0.2, -0.15) is 0 Å². The van der Waals surface area contributed by atoms with Crippen LogP contribution >= 0.6 is 0 Å². The van der Waals surface area contributed by atoms with Crippen molar-refractivity contribution in [1.82, 2.24) is 4.90 Å². The maximum Gasteiger partial charge on any atom is 0.227 e. The number of hydrogen-bond acceptors (Lipinski definition) is 7. The molecule has 0 saturated carbocycles. The molecule has 0 N–H and O–H groups in total. The van der Waals surface area contributed by atoms with Crippen molar-refractivity contribution in [3.63, 3.8) is 0 Å². The zero-order chi connectivity index (χ0) is 22.3. The molecule has 0 amide bonds. The Labute approximate surface area is 186 Å². The summed E-state index contributed by atoms with van der Waals surface area (Å²) in [4.78, 5) is 29.1. The van der Waals surface area contributed by atoms with Crippen molar-refractivity contribution in [2.75, 3.05) is 44.8 Å². The first-order chi connectivity index (χ1) is 15.6. The summed E-state index contributed by atoms with van der Waals surface area (Å²) in [5.41, 5.74) is 1.43. The summed E-state index contributed by atoms with van der Waals surface area (Å²) < 4.78 is 16.2. The molecule has 0 aliphatic carbocycles. The fourth-order valence-electron chi connectivity index (χ4n) is 3.65. The molecule has 166 valence electrons. The number of Topliss-reactive ketones (excluding diaryl/α,β-unsaturated/α-hetero) is 1. The van der Waals surface area contributed by atoms with Gasteiger partial charge < -0.3 is 18.8 Å². The quantitative estimate of drug-likeness (QED) is 0.504. The van der Waals surface area contributed by atoms with Crippen molar-refractivity contribution in [1.29, 1.82) is 0 Å². The van der Waals surface area contributed by atoms with Gasteiger partial charge in [0.15, 0.2) is 12.4 Å². The van der Waals surface area contributed by atoms with E-state index in [1.165, 1.54) is 18.0 Å². The third-order valence-electron chi connectivity index (χ3n) is 5.50. The molecule has 3 aromatic rings. The van der Waals surface area contributed by atoms with Gasteiger partial charge in [0.25, 0.3) is 0 Å². The summed E-state index contributed by atoms with van der Waals surface area (Å²) in [7, 11) is 1.66. The van der Waals surface area contributed by atoms with E-state index in [1.54, 1.807) is 31.4 Å². The average molecular weight is 434 g/mol. The molecule has 1 fully saturated rings. The van der Waals surface area contributed by atoms with Crippen molar-refractivity contribution in [3.05, 3.63) is 88.5 Å². The highest BCUT2D eigenvalue weighted by atomic mass is 16.5. The van der Waals surface area contributed by atoms with Crippen LogP contribution in [0.25, 0.3) is 0 Å². The summed E-state index contributed by atoms with van der Waals surface area (Å²) in [6.07, 6.45) is 1.30. The number of ether oxygens (including phenoxy) is 2. The number of ketones is 1. The Morgan fingerprint density at radius 1 is 1.00 bits per heavy atom. The Hall–Kier alpha value is -3.58. The van der Waals surface area contributed by atoms with Gasteiger partial charge in [0, 0.05) is 43.5 Å². The average Bonchev–Trinajstić information content (AvgIpc) is 2.84. The van der Waals surface area contributed by atoms with Crippen LogP contribution in [0.2, 0.25) is 0 Å². The Morgan fingerprint density at radius 2 is 1.72 bits per heavy atom. The predicted octanol–water partition coefficient (Wildman–Crippen LogP) is 3.23. The van der Waals surface area contributed by atoms with Crippen LogP contribution in [-0.4, -0.2) is 50.6 Å². The first-order valence-electron chi connectivity index (χ1n) is 10.6. The largest absolute Gasteiger partial charge is 0.497 e. The van der Waals surface area contributed by atoms with Gasteiger partial charge in [-0.05, 0) is 24.3 Å². The molecule has 1 aliphatic rings. The number of piperazine rings is 1. The van der Waals surface area contributed by atoms with E-state index in [0.717, 1.165) is 31.9 Å². The van der Waals surface area contributed by atoms with Crippen molar-refractivity contribution in [3.8, 4) is 11.5 Å². The molecule has 7 heteroatoms. The smallest absolute Gasteiger partial charge is 0.227 e. The highest BCUT2D eigenvalue weighted by Gasteiger charge is 2.19. The Morgan fingerprint density at radius 3 is 2.38 bits per heavy atom. The minimum atomic E-state index is -0.288. The van der Waals surface area contributed by atoms with E-state index >= 15 is 0 Å². The number of carbonyl (C=O) groups excluding carboxylic acids is 1. The van der Waals surface area contributed by atoms with Crippen LogP contribution < -0.4 is 19.8 Å². The van der Waals surface area contributed by atoms with Gasteiger partial charge in [0.2, 0.25) is 11.2 Å². The predicted molar refractivity (Wildman–Crippen MR) is 122 cm³/mol. The maximum absolute atomic E-state index is 12.4. The number of anilines is 1. The van der Waals surface area contributed by atoms with Crippen LogP contribution in [0, 0.1) is 0 Å². The zero-order valence-corrected chi connectivity index (χ0v) is 18.0. The molecule has 1 aromatic heterocycles. The molecule has 0 unspecified atom stereocenters. The number of benzene rings is 2. The van der Waals surface area contributed by atoms with E-state index in [4.69, 9.17) is 13.9 Å². The summed E-state index contributed by atoms with van der Waals surface area (Å²) in [6, 6.07) is 18.3. The van der Waals surface area contributed by atoms with Crippen molar-refractivity contribution in [2.45, 2.75) is 6.54 Å². The lowest BCUT2D eigenvalue weighted by Crippen LogP contribution is -2.46. The second-order valence-corrected chi connectivity index (χ2v) is 7.61. The number of hydrogen-bond donors (Lipinski definition) is 0. The number of rotatable bonds is 8. The van der Waals surface area contributed by atoms with E-state index < -0.39 is 0 Å². The Kier molecular flexibility index (Phi) is 6.87. The number of methoxy groups -OCH3 is 1. The molecule has 1 aliphatic heterocycles. The van der Waals surface area contributed by atoms with Crippen LogP contribution in [0.4, 0.5) is 5.69 Å². The minimum Gasteiger partial charge on any atom is -0.497 e. The van der Waals surface area contributed by atoms with Crippen molar-refractivity contribution >= 4 is 11.5 Å². The van der Waals surface area contributed by atoms with Crippen LogP contribution in [0.5, 0.6) is 11.5 Å². The molecular formula is C25H26N2O5. The Balaban J connectivity index is 1.28. The first-order valence-corrected chi connectivity index (χ1v) is 10.6. The van der Waals surface area contributed by atoms with Gasteiger partial charge in [-0.25, -0.2) is 0 Å². The van der Waals surface area contributed by atoms with E-state index in [0.29, 0.717) is 17.9 Å². The van der Waals surface area contributed by atoms with Gasteiger partial charge in [-0.1, -0.05) is 30.3 Å². The van der Waals surface area contributed by atoms with E-state index in [9.17, 15) is 9.59 Å². The minimum absolute atomic E-state index is 0.0438. The second-order valence-electron chi connectivity index (χ2n) is 7.61. The molecule has 2 aromatic carbocycles. The third kappa shape index (κ3) is 5.36. The lowest BCUT2D eigenvalue weighted by atomic mass is 10.1. The molecule has 1 saturated heterocycles. The number of carbonyl (C=O) groups is 1. The molecular weight excluding hydrogens is 408 g/mol. The highest BCUT2D eigenvalue weighted by Crippen LogP contribution is 2.21. The van der Waals surface area contributed by atoms with Crippen LogP contribution in [0.15, 0.2) is 76.1 Å². The second kappa shape index (κ2) is 10.2. The van der Waals surface area contributed by atoms with Gasteiger partial charge >= 0.3 is 0 Å². The maximum atomic E-state index is 12.4. The van der Waals surface area contributed by atoms with Gasteiger partial charge in [0.05, 0.1) is 13.7 Å². The van der Waals surface area contributed by atoms with Crippen LogP contribution in [-0.2, 0) is 6.54 Å². The summed E-state index contributed by atoms with van der Waals surface area (Å²) in [6.45, 7) is 3.84. The molecule has 4 rings (SSSR count). The molecule has 7 nitrogen and oxygen atoms in total. The zero-order valence-electron chi connectivity index (χ0n) is 18.0. The Bertz CT molecular complexity index is 1090. The SMILES string of the molecule is COc1ccc(N2CCN(Cc3cc(=O)c(OCC(=O)c4ccccc4)co3)CC2)cc1.